The number of hydrogen-bond donors (Lipinski definition) is 1. The number of carbonyl (C=O) groups is 1. The van der Waals surface area contributed by atoms with Crippen molar-refractivity contribution in [3.8, 4) is 0 Å². The molecule has 0 bridgehead atoms. The Morgan fingerprint density at radius 1 is 1.07 bits per heavy atom. The van der Waals surface area contributed by atoms with Gasteiger partial charge in [0.05, 0.1) is 5.52 Å². The van der Waals surface area contributed by atoms with Crippen LogP contribution in [0.5, 0.6) is 0 Å². The van der Waals surface area contributed by atoms with Crippen molar-refractivity contribution in [2.75, 3.05) is 13.1 Å². The third-order valence-electron chi connectivity index (χ3n) is 4.84. The minimum atomic E-state index is -0.369. The Hall–Kier alpha value is -3.28. The van der Waals surface area contributed by atoms with Gasteiger partial charge in [-0.1, -0.05) is 42.0 Å². The van der Waals surface area contributed by atoms with Crippen molar-refractivity contribution in [3.63, 3.8) is 0 Å². The van der Waals surface area contributed by atoms with Crippen molar-refractivity contribution < 1.29 is 9.18 Å². The second-order valence-corrected chi connectivity index (χ2v) is 6.56. The maximum absolute atomic E-state index is 13.8. The van der Waals surface area contributed by atoms with E-state index in [0.29, 0.717) is 42.4 Å². The van der Waals surface area contributed by atoms with Gasteiger partial charge in [0.2, 0.25) is 5.43 Å². The number of hydrogen-bond acceptors (Lipinski definition) is 3. The molecule has 6 heteroatoms. The van der Waals surface area contributed by atoms with Gasteiger partial charge in [0.25, 0.3) is 5.91 Å². The van der Waals surface area contributed by atoms with Gasteiger partial charge in [-0.2, -0.15) is 5.10 Å². The Morgan fingerprint density at radius 3 is 2.56 bits per heavy atom. The van der Waals surface area contributed by atoms with Crippen molar-refractivity contribution in [3.05, 3.63) is 81.4 Å². The lowest BCUT2D eigenvalue weighted by Crippen LogP contribution is -2.39. The number of fused-ring (bicyclic) bond motifs is 1. The smallest absolute Gasteiger partial charge is 0.278 e. The lowest BCUT2D eigenvalue weighted by atomic mass is 10.0. The fraction of sp³-hybridized carbons (Fsp3) is 0.190. The Morgan fingerprint density at radius 2 is 1.78 bits per heavy atom. The van der Waals surface area contributed by atoms with Crippen molar-refractivity contribution in [2.45, 2.75) is 12.8 Å². The van der Waals surface area contributed by atoms with Crippen LogP contribution in [0.1, 0.15) is 28.9 Å². The largest absolute Gasteiger partial charge is 0.336 e. The van der Waals surface area contributed by atoms with E-state index in [9.17, 15) is 14.0 Å². The van der Waals surface area contributed by atoms with Crippen LogP contribution in [0.15, 0.2) is 58.9 Å². The average molecular weight is 363 g/mol. The van der Waals surface area contributed by atoms with Crippen molar-refractivity contribution in [1.82, 2.24) is 15.1 Å². The number of carbonyl (C=O) groups excluding carboxylic acids is 1. The summed E-state index contributed by atoms with van der Waals surface area (Å²) in [7, 11) is 0. The van der Waals surface area contributed by atoms with E-state index in [4.69, 9.17) is 0 Å². The van der Waals surface area contributed by atoms with E-state index in [0.717, 1.165) is 5.57 Å². The molecule has 0 saturated carbocycles. The molecular formula is C21H18FN3O2. The molecule has 0 spiro atoms. The molecule has 136 valence electrons. The molecule has 3 aromatic rings. The van der Waals surface area contributed by atoms with E-state index >= 15 is 0 Å². The zero-order chi connectivity index (χ0) is 18.8. The first-order chi connectivity index (χ1) is 13.1. The molecule has 0 atom stereocenters. The molecule has 1 aliphatic heterocycles. The van der Waals surface area contributed by atoms with Crippen molar-refractivity contribution >= 4 is 22.9 Å². The predicted octanol–water partition coefficient (Wildman–Crippen LogP) is 3.38. The monoisotopic (exact) mass is 363 g/mol. The topological polar surface area (TPSA) is 66.1 Å². The van der Waals surface area contributed by atoms with E-state index < -0.39 is 0 Å². The van der Waals surface area contributed by atoms with E-state index in [-0.39, 0.29) is 22.8 Å². The molecule has 1 saturated heterocycles. The zero-order valence-electron chi connectivity index (χ0n) is 14.6. The number of benzene rings is 2. The molecular weight excluding hydrogens is 345 g/mol. The van der Waals surface area contributed by atoms with Gasteiger partial charge in [-0.05, 0) is 31.0 Å². The van der Waals surface area contributed by atoms with Crippen LogP contribution < -0.4 is 5.43 Å². The van der Waals surface area contributed by atoms with Crippen LogP contribution in [0.4, 0.5) is 4.39 Å². The van der Waals surface area contributed by atoms with Crippen LogP contribution in [0.3, 0.4) is 0 Å². The zero-order valence-corrected chi connectivity index (χ0v) is 14.6. The van der Waals surface area contributed by atoms with Gasteiger partial charge >= 0.3 is 0 Å². The van der Waals surface area contributed by atoms with E-state index in [1.807, 2.05) is 6.08 Å². The molecule has 0 radical (unpaired) electrons. The van der Waals surface area contributed by atoms with E-state index in [2.05, 4.69) is 10.2 Å². The molecule has 27 heavy (non-hydrogen) atoms. The first-order valence-electron chi connectivity index (χ1n) is 8.84. The highest BCUT2D eigenvalue weighted by molar-refractivity contribution is 5.95. The molecule has 0 unspecified atom stereocenters. The number of aromatic amines is 1. The number of para-hydroxylation sites is 1. The number of amides is 1. The summed E-state index contributed by atoms with van der Waals surface area (Å²) < 4.78 is 13.8. The minimum Gasteiger partial charge on any atom is -0.336 e. The van der Waals surface area contributed by atoms with Gasteiger partial charge in [-0.3, -0.25) is 14.7 Å². The number of likely N-dealkylation sites (tertiary alicyclic amines) is 1. The summed E-state index contributed by atoms with van der Waals surface area (Å²) in [5.41, 5.74) is 1.80. The Labute approximate surface area is 155 Å². The molecule has 1 amide bonds. The van der Waals surface area contributed by atoms with Crippen molar-refractivity contribution in [1.29, 1.82) is 0 Å². The lowest BCUT2D eigenvalue weighted by molar-refractivity contribution is 0.0735. The maximum Gasteiger partial charge on any atom is 0.278 e. The first-order valence-corrected chi connectivity index (χ1v) is 8.84. The fourth-order valence-electron chi connectivity index (χ4n) is 3.32. The van der Waals surface area contributed by atoms with Gasteiger partial charge in [-0.15, -0.1) is 0 Å². The number of H-pyrrole nitrogens is 1. The molecule has 1 fully saturated rings. The first kappa shape index (κ1) is 17.1. The summed E-state index contributed by atoms with van der Waals surface area (Å²) in [4.78, 5) is 26.9. The third-order valence-corrected chi connectivity index (χ3v) is 4.84. The summed E-state index contributed by atoms with van der Waals surface area (Å²) in [6, 6.07) is 13.6. The SMILES string of the molecule is O=C(c1n[nH]c2ccccc2c1=O)N1CCC(=Cc2ccccc2F)CC1. The number of nitrogens with one attached hydrogen (secondary N) is 1. The van der Waals surface area contributed by atoms with Crippen LogP contribution in [0.25, 0.3) is 17.0 Å². The van der Waals surface area contributed by atoms with Gasteiger partial charge < -0.3 is 4.90 Å². The van der Waals surface area contributed by atoms with Crippen LogP contribution in [0.2, 0.25) is 0 Å². The second-order valence-electron chi connectivity index (χ2n) is 6.56. The molecule has 2 aromatic carbocycles. The predicted molar refractivity (Wildman–Crippen MR) is 102 cm³/mol. The van der Waals surface area contributed by atoms with E-state index in [1.54, 1.807) is 47.4 Å². The summed E-state index contributed by atoms with van der Waals surface area (Å²) >= 11 is 0. The molecule has 2 heterocycles. The second kappa shape index (κ2) is 7.15. The maximum atomic E-state index is 13.8. The molecule has 5 nitrogen and oxygen atoms in total. The van der Waals surface area contributed by atoms with Crippen molar-refractivity contribution in [2.24, 2.45) is 0 Å². The highest BCUT2D eigenvalue weighted by Gasteiger charge is 2.24. The van der Waals surface area contributed by atoms with Crippen LogP contribution in [-0.4, -0.2) is 34.1 Å². The van der Waals surface area contributed by atoms with Crippen LogP contribution in [0, 0.1) is 5.82 Å². The standard InChI is InChI=1S/C21H18FN3O2/c22-17-7-3-1-5-15(17)13-14-9-11-25(12-10-14)21(27)19-20(26)16-6-2-4-8-18(16)23-24-19/h1-8,13H,9-12H2,(H,23,26). The summed E-state index contributed by atoms with van der Waals surface area (Å²) in [6.07, 6.45) is 3.13. The number of halogens is 1. The summed E-state index contributed by atoms with van der Waals surface area (Å²) in [5, 5.41) is 7.22. The Balaban J connectivity index is 1.52. The van der Waals surface area contributed by atoms with Crippen LogP contribution in [-0.2, 0) is 0 Å². The molecule has 1 aromatic heterocycles. The van der Waals surface area contributed by atoms with Crippen LogP contribution >= 0.6 is 0 Å². The third kappa shape index (κ3) is 3.38. The van der Waals surface area contributed by atoms with Gasteiger partial charge in [-0.25, -0.2) is 4.39 Å². The number of piperidine rings is 1. The number of rotatable bonds is 2. The normalized spacial score (nSPS) is 14.4. The highest BCUT2D eigenvalue weighted by Crippen LogP contribution is 2.21. The summed E-state index contributed by atoms with van der Waals surface area (Å²) in [5.74, 6) is -0.623. The van der Waals surface area contributed by atoms with Gasteiger partial charge in [0.1, 0.15) is 5.82 Å². The highest BCUT2D eigenvalue weighted by atomic mass is 19.1. The van der Waals surface area contributed by atoms with Gasteiger partial charge in [0, 0.05) is 24.0 Å². The average Bonchev–Trinajstić information content (AvgIpc) is 2.70. The molecule has 0 aliphatic carbocycles. The number of nitrogens with zero attached hydrogens (tertiary/aromatic N) is 2. The molecule has 4 rings (SSSR count). The minimum absolute atomic E-state index is 0.0877. The van der Waals surface area contributed by atoms with Gasteiger partial charge in [0.15, 0.2) is 5.69 Å². The Bertz CT molecular complexity index is 1090. The summed E-state index contributed by atoms with van der Waals surface area (Å²) in [6.45, 7) is 0.958. The number of aromatic nitrogens is 2. The van der Waals surface area contributed by atoms with E-state index in [1.165, 1.54) is 6.07 Å². The Kier molecular flexibility index (Phi) is 4.54. The quantitative estimate of drug-likeness (QED) is 0.759. The lowest BCUT2D eigenvalue weighted by Gasteiger charge is -2.28. The molecule has 1 aliphatic rings. The molecule has 1 N–H and O–H groups in total. The fourth-order valence-corrected chi connectivity index (χ4v) is 3.32.